The summed E-state index contributed by atoms with van der Waals surface area (Å²) in [4.78, 5) is 12.6. The third-order valence-corrected chi connectivity index (χ3v) is 5.70. The number of allylic oxidation sites excluding steroid dienone is 1. The molecule has 0 saturated carbocycles. The molecule has 0 saturated heterocycles. The Balaban J connectivity index is 1.99. The number of hydrogen-bond donors (Lipinski definition) is 1. The molecule has 8 nitrogen and oxygen atoms in total. The number of hydrogen-bond acceptors (Lipinski definition) is 4. The summed E-state index contributed by atoms with van der Waals surface area (Å²) in [5, 5.41) is 6.39. The zero-order chi connectivity index (χ0) is 19.9. The number of nitrogens with one attached hydrogen (secondary N) is 1. The molecule has 0 aliphatic carbocycles. The molecule has 142 valence electrons. The zero-order valence-corrected chi connectivity index (χ0v) is 16.1. The van der Waals surface area contributed by atoms with Crippen molar-refractivity contribution in [2.75, 3.05) is 12.4 Å². The van der Waals surface area contributed by atoms with Gasteiger partial charge in [-0.2, -0.15) is 13.5 Å². The molecule has 1 aliphatic heterocycles. The standard InChI is InChI=1S/C16H15ClFN5O3S/c1-9-11(8-19-22(9)2)14-7-15(23(3)27(25,26)21-14)16(24)20-10-4-5-13(18)12(17)6-10/h4-8H,1-3H3,(H,20,24). The first-order valence-corrected chi connectivity index (χ1v) is 9.43. The van der Waals surface area contributed by atoms with Gasteiger partial charge in [-0.1, -0.05) is 11.6 Å². The van der Waals surface area contributed by atoms with E-state index in [0.717, 1.165) is 10.4 Å². The van der Waals surface area contributed by atoms with Crippen LogP contribution < -0.4 is 5.32 Å². The van der Waals surface area contributed by atoms with Crippen LogP contribution in [0.25, 0.3) is 0 Å². The molecule has 1 aromatic heterocycles. The number of aryl methyl sites for hydroxylation is 1. The maximum Gasteiger partial charge on any atom is 0.345 e. The van der Waals surface area contributed by atoms with Gasteiger partial charge in [0.05, 0.1) is 16.9 Å². The van der Waals surface area contributed by atoms with E-state index in [1.54, 1.807) is 18.7 Å². The molecular weight excluding hydrogens is 397 g/mol. The predicted molar refractivity (Wildman–Crippen MR) is 99.3 cm³/mol. The Morgan fingerprint density at radius 2 is 2.00 bits per heavy atom. The minimum Gasteiger partial charge on any atom is -0.321 e. The molecule has 0 spiro atoms. The fourth-order valence-corrected chi connectivity index (χ4v) is 3.50. The largest absolute Gasteiger partial charge is 0.345 e. The average molecular weight is 412 g/mol. The second-order valence-corrected chi connectivity index (χ2v) is 7.83. The Kier molecular flexibility index (Phi) is 4.79. The first kappa shape index (κ1) is 19.1. The molecule has 0 atom stereocenters. The van der Waals surface area contributed by atoms with E-state index in [-0.39, 0.29) is 22.1 Å². The molecule has 1 amide bonds. The van der Waals surface area contributed by atoms with Gasteiger partial charge in [0.2, 0.25) is 0 Å². The molecule has 2 heterocycles. The van der Waals surface area contributed by atoms with Gasteiger partial charge in [0.25, 0.3) is 5.91 Å². The van der Waals surface area contributed by atoms with E-state index in [4.69, 9.17) is 11.6 Å². The van der Waals surface area contributed by atoms with Crippen molar-refractivity contribution in [3.05, 3.63) is 58.3 Å². The van der Waals surface area contributed by atoms with E-state index in [9.17, 15) is 17.6 Å². The molecule has 0 fully saturated rings. The predicted octanol–water partition coefficient (Wildman–Crippen LogP) is 2.02. The quantitative estimate of drug-likeness (QED) is 0.835. The summed E-state index contributed by atoms with van der Waals surface area (Å²) in [6, 6.07) is 3.64. The van der Waals surface area contributed by atoms with Gasteiger partial charge in [-0.15, -0.1) is 4.40 Å². The Bertz CT molecular complexity index is 1110. The molecule has 1 aliphatic rings. The summed E-state index contributed by atoms with van der Waals surface area (Å²) in [5.74, 6) is -1.34. The van der Waals surface area contributed by atoms with Gasteiger partial charge in [0, 0.05) is 31.0 Å². The molecule has 1 N–H and O–H groups in total. The van der Waals surface area contributed by atoms with Crippen molar-refractivity contribution < 1.29 is 17.6 Å². The summed E-state index contributed by atoms with van der Waals surface area (Å²) < 4.78 is 44.1. The Hall–Kier alpha value is -2.72. The van der Waals surface area contributed by atoms with Crippen molar-refractivity contribution in [2.24, 2.45) is 11.4 Å². The molecule has 0 bridgehead atoms. The van der Waals surface area contributed by atoms with E-state index in [2.05, 4.69) is 14.8 Å². The fraction of sp³-hybridized carbons (Fsp3) is 0.188. The Morgan fingerprint density at radius 3 is 2.59 bits per heavy atom. The van der Waals surface area contributed by atoms with Gasteiger partial charge in [-0.05, 0) is 31.2 Å². The van der Waals surface area contributed by atoms with Crippen LogP contribution in [0.15, 0.2) is 40.6 Å². The number of likely N-dealkylation sites (N-methyl/N-ethyl adjacent to an activating group) is 1. The number of rotatable bonds is 3. The van der Waals surface area contributed by atoms with E-state index in [1.165, 1.54) is 31.5 Å². The maximum atomic E-state index is 13.3. The third-order valence-electron chi connectivity index (χ3n) is 4.09. The molecule has 0 unspecified atom stereocenters. The fourth-order valence-electron chi connectivity index (χ4n) is 2.41. The number of nitrogens with zero attached hydrogens (tertiary/aromatic N) is 4. The molecule has 3 rings (SSSR count). The van der Waals surface area contributed by atoms with Crippen molar-refractivity contribution in [3.8, 4) is 0 Å². The van der Waals surface area contributed by atoms with Crippen LogP contribution in [0.2, 0.25) is 5.02 Å². The highest BCUT2D eigenvalue weighted by Crippen LogP contribution is 2.24. The van der Waals surface area contributed by atoms with Crippen molar-refractivity contribution in [2.45, 2.75) is 6.92 Å². The van der Waals surface area contributed by atoms with Gasteiger partial charge in [0.15, 0.2) is 0 Å². The van der Waals surface area contributed by atoms with Gasteiger partial charge < -0.3 is 5.32 Å². The van der Waals surface area contributed by atoms with E-state index >= 15 is 0 Å². The number of carbonyl (C=O) groups is 1. The van der Waals surface area contributed by atoms with E-state index in [1.807, 2.05) is 0 Å². The second kappa shape index (κ2) is 6.78. The first-order chi connectivity index (χ1) is 12.6. The SMILES string of the molecule is Cc1c(C2=NS(=O)(=O)N(C)C(C(=O)Nc3ccc(F)c(Cl)c3)=C2)cnn1C. The normalized spacial score (nSPS) is 16.0. The van der Waals surface area contributed by atoms with E-state index < -0.39 is 21.9 Å². The number of amides is 1. The topological polar surface area (TPSA) is 96.7 Å². The lowest BCUT2D eigenvalue weighted by Crippen LogP contribution is -2.35. The highest BCUT2D eigenvalue weighted by Gasteiger charge is 2.31. The van der Waals surface area contributed by atoms with Crippen LogP contribution in [0.3, 0.4) is 0 Å². The zero-order valence-electron chi connectivity index (χ0n) is 14.6. The van der Waals surface area contributed by atoms with E-state index in [0.29, 0.717) is 11.3 Å². The molecule has 27 heavy (non-hydrogen) atoms. The lowest BCUT2D eigenvalue weighted by Gasteiger charge is -2.23. The number of halogens is 2. The van der Waals surface area contributed by atoms with Crippen LogP contribution in [0, 0.1) is 12.7 Å². The molecule has 2 aromatic rings. The van der Waals surface area contributed by atoms with Crippen molar-refractivity contribution in [3.63, 3.8) is 0 Å². The van der Waals surface area contributed by atoms with Gasteiger partial charge in [-0.25, -0.2) is 8.70 Å². The van der Waals surface area contributed by atoms with Crippen molar-refractivity contribution >= 4 is 39.1 Å². The minimum atomic E-state index is -4.10. The molecule has 1 aromatic carbocycles. The van der Waals surface area contributed by atoms with Crippen LogP contribution in [0.5, 0.6) is 0 Å². The maximum absolute atomic E-state index is 13.3. The summed E-state index contributed by atoms with van der Waals surface area (Å²) >= 11 is 5.70. The van der Waals surface area contributed by atoms with Gasteiger partial charge in [-0.3, -0.25) is 9.48 Å². The van der Waals surface area contributed by atoms with Crippen LogP contribution >= 0.6 is 11.6 Å². The van der Waals surface area contributed by atoms with Crippen LogP contribution in [-0.2, 0) is 22.1 Å². The van der Waals surface area contributed by atoms with Crippen LogP contribution in [0.4, 0.5) is 10.1 Å². The Labute approximate surface area is 160 Å². The highest BCUT2D eigenvalue weighted by atomic mass is 35.5. The summed E-state index contributed by atoms with van der Waals surface area (Å²) in [7, 11) is -1.17. The van der Waals surface area contributed by atoms with Crippen molar-refractivity contribution in [1.82, 2.24) is 14.1 Å². The number of anilines is 1. The smallest absolute Gasteiger partial charge is 0.321 e. The number of aromatic nitrogens is 2. The van der Waals surface area contributed by atoms with Crippen molar-refractivity contribution in [1.29, 1.82) is 0 Å². The summed E-state index contributed by atoms with van der Waals surface area (Å²) in [6.07, 6.45) is 2.83. The number of carbonyl (C=O) groups excluding carboxylic acids is 1. The third kappa shape index (κ3) is 3.58. The lowest BCUT2D eigenvalue weighted by molar-refractivity contribution is -0.113. The molecule has 11 heteroatoms. The molecule has 0 radical (unpaired) electrons. The first-order valence-electron chi connectivity index (χ1n) is 7.66. The second-order valence-electron chi connectivity index (χ2n) is 5.80. The lowest BCUT2D eigenvalue weighted by atomic mass is 10.1. The Morgan fingerprint density at radius 1 is 1.30 bits per heavy atom. The highest BCUT2D eigenvalue weighted by molar-refractivity contribution is 7.88. The minimum absolute atomic E-state index is 0.0981. The molecular formula is C16H15ClFN5O3S. The summed E-state index contributed by atoms with van der Waals surface area (Å²) in [5.41, 5.74) is 1.35. The van der Waals surface area contributed by atoms with Gasteiger partial charge >= 0.3 is 10.2 Å². The number of benzene rings is 1. The van der Waals surface area contributed by atoms with Gasteiger partial charge in [0.1, 0.15) is 11.5 Å². The van der Waals surface area contributed by atoms with Crippen LogP contribution in [-0.4, -0.2) is 41.2 Å². The monoisotopic (exact) mass is 411 g/mol. The average Bonchev–Trinajstić information content (AvgIpc) is 2.92. The summed E-state index contributed by atoms with van der Waals surface area (Å²) in [6.45, 7) is 1.75. The van der Waals surface area contributed by atoms with Crippen LogP contribution in [0.1, 0.15) is 11.3 Å².